The fraction of sp³-hybridized carbons (Fsp3) is 0.800. The van der Waals surface area contributed by atoms with Gasteiger partial charge in [0.1, 0.15) is 0 Å². The fourth-order valence-corrected chi connectivity index (χ4v) is 1.78. The number of unbranched alkanes of at least 4 members (excludes halogenated alkanes) is 1. The van der Waals surface area contributed by atoms with Crippen LogP contribution in [0.5, 0.6) is 0 Å². The molecule has 0 aromatic heterocycles. The third-order valence-corrected chi connectivity index (χ3v) is 2.86. The smallest absolute Gasteiger partial charge is 0.0238 e. The van der Waals surface area contributed by atoms with Gasteiger partial charge in [-0.2, -0.15) is 0 Å². The van der Waals surface area contributed by atoms with E-state index in [1.165, 1.54) is 32.1 Å². The lowest BCUT2D eigenvalue weighted by molar-refractivity contribution is 0.218. The van der Waals surface area contributed by atoms with Gasteiger partial charge < -0.3 is 0 Å². The van der Waals surface area contributed by atoms with Crippen LogP contribution in [-0.4, -0.2) is 6.04 Å². The molecule has 0 saturated heterocycles. The Balaban J connectivity index is 2.11. The van der Waals surface area contributed by atoms with E-state index in [0.717, 1.165) is 12.3 Å². The van der Waals surface area contributed by atoms with Crippen LogP contribution in [0.3, 0.4) is 0 Å². The van der Waals surface area contributed by atoms with Crippen LogP contribution in [0.1, 0.15) is 38.5 Å². The van der Waals surface area contributed by atoms with Crippen molar-refractivity contribution < 1.29 is 0 Å². The summed E-state index contributed by atoms with van der Waals surface area (Å²) < 4.78 is 0. The molecule has 1 saturated carbocycles. The normalized spacial score (nSPS) is 20.1. The fourth-order valence-electron chi connectivity index (χ4n) is 1.78. The Morgan fingerprint density at radius 3 is 2.75 bits per heavy atom. The summed E-state index contributed by atoms with van der Waals surface area (Å²) in [4.78, 5) is 0. The highest BCUT2D eigenvalue weighted by Crippen LogP contribution is 2.31. The molecule has 0 aromatic rings. The second kappa shape index (κ2) is 5.33. The maximum atomic E-state index is 5.49. The second-order valence-electron chi connectivity index (χ2n) is 3.68. The number of rotatable bonds is 6. The zero-order valence-electron chi connectivity index (χ0n) is 7.76. The third kappa shape index (κ3) is 2.61. The quantitative estimate of drug-likeness (QED) is 0.275. The van der Waals surface area contributed by atoms with E-state index in [1.807, 2.05) is 6.08 Å². The Kier molecular flexibility index (Phi) is 4.33. The molecule has 0 radical (unpaired) electrons. The SMILES string of the molecule is C=CCCCC(NN)C1CCC1. The van der Waals surface area contributed by atoms with Gasteiger partial charge in [0.25, 0.3) is 0 Å². The molecule has 1 unspecified atom stereocenters. The second-order valence-corrected chi connectivity index (χ2v) is 3.68. The molecular weight excluding hydrogens is 148 g/mol. The first kappa shape index (κ1) is 9.75. The zero-order chi connectivity index (χ0) is 8.81. The average molecular weight is 168 g/mol. The average Bonchev–Trinajstić information content (AvgIpc) is 1.99. The molecule has 3 N–H and O–H groups in total. The van der Waals surface area contributed by atoms with Crippen LogP contribution in [0.4, 0.5) is 0 Å². The Labute approximate surface area is 75.2 Å². The molecule has 0 amide bonds. The van der Waals surface area contributed by atoms with E-state index in [2.05, 4.69) is 12.0 Å². The Morgan fingerprint density at radius 1 is 1.58 bits per heavy atom. The van der Waals surface area contributed by atoms with Crippen LogP contribution in [-0.2, 0) is 0 Å². The van der Waals surface area contributed by atoms with Crippen molar-refractivity contribution in [1.82, 2.24) is 5.43 Å². The number of hydrogen-bond acceptors (Lipinski definition) is 2. The number of allylic oxidation sites excluding steroid dienone is 1. The topological polar surface area (TPSA) is 38.0 Å². The van der Waals surface area contributed by atoms with Crippen molar-refractivity contribution in [2.75, 3.05) is 0 Å². The maximum absolute atomic E-state index is 5.49. The van der Waals surface area contributed by atoms with Crippen LogP contribution in [0, 0.1) is 5.92 Å². The monoisotopic (exact) mass is 168 g/mol. The predicted octanol–water partition coefficient (Wildman–Crippen LogP) is 1.97. The van der Waals surface area contributed by atoms with Crippen LogP contribution in [0.15, 0.2) is 12.7 Å². The number of hydrogen-bond donors (Lipinski definition) is 2. The highest BCUT2D eigenvalue weighted by atomic mass is 15.2. The molecule has 0 bridgehead atoms. The molecule has 1 aliphatic rings. The van der Waals surface area contributed by atoms with Crippen molar-refractivity contribution in [3.8, 4) is 0 Å². The standard InChI is InChI=1S/C10H20N2/c1-2-3-4-8-10(12-11)9-6-5-7-9/h2,9-10,12H,1,3-8,11H2. The summed E-state index contributed by atoms with van der Waals surface area (Å²) in [6, 6.07) is 0.554. The summed E-state index contributed by atoms with van der Waals surface area (Å²) in [7, 11) is 0. The summed E-state index contributed by atoms with van der Waals surface area (Å²) in [6.45, 7) is 3.71. The van der Waals surface area contributed by atoms with E-state index in [4.69, 9.17) is 5.84 Å². The molecule has 0 spiro atoms. The maximum Gasteiger partial charge on any atom is 0.0238 e. The molecule has 1 rings (SSSR count). The van der Waals surface area contributed by atoms with E-state index in [9.17, 15) is 0 Å². The number of hydrazine groups is 1. The van der Waals surface area contributed by atoms with Crippen molar-refractivity contribution in [3.05, 3.63) is 12.7 Å². The molecule has 70 valence electrons. The molecular formula is C10H20N2. The summed E-state index contributed by atoms with van der Waals surface area (Å²) in [5.41, 5.74) is 2.93. The molecule has 0 aromatic carbocycles. The number of nitrogens with two attached hydrogens (primary N) is 1. The Morgan fingerprint density at radius 2 is 2.33 bits per heavy atom. The molecule has 1 fully saturated rings. The van der Waals surface area contributed by atoms with E-state index in [0.29, 0.717) is 6.04 Å². The van der Waals surface area contributed by atoms with Gasteiger partial charge in [0, 0.05) is 6.04 Å². The van der Waals surface area contributed by atoms with Gasteiger partial charge in [-0.3, -0.25) is 11.3 Å². The lowest BCUT2D eigenvalue weighted by Gasteiger charge is -2.33. The van der Waals surface area contributed by atoms with Gasteiger partial charge in [-0.05, 0) is 38.0 Å². The number of nitrogens with one attached hydrogen (secondary N) is 1. The summed E-state index contributed by atoms with van der Waals surface area (Å²) in [6.07, 6.45) is 9.64. The molecule has 2 heteroatoms. The minimum atomic E-state index is 0.554. The van der Waals surface area contributed by atoms with Gasteiger partial charge in [0.2, 0.25) is 0 Å². The summed E-state index contributed by atoms with van der Waals surface area (Å²) in [5, 5.41) is 0. The summed E-state index contributed by atoms with van der Waals surface area (Å²) in [5.74, 6) is 6.34. The molecule has 0 aliphatic heterocycles. The van der Waals surface area contributed by atoms with Crippen LogP contribution in [0.25, 0.3) is 0 Å². The molecule has 0 heterocycles. The summed E-state index contributed by atoms with van der Waals surface area (Å²) >= 11 is 0. The van der Waals surface area contributed by atoms with Gasteiger partial charge in [-0.25, -0.2) is 0 Å². The lowest BCUT2D eigenvalue weighted by atomic mass is 9.78. The van der Waals surface area contributed by atoms with Crippen LogP contribution < -0.4 is 11.3 Å². The van der Waals surface area contributed by atoms with Crippen molar-refractivity contribution in [1.29, 1.82) is 0 Å². The van der Waals surface area contributed by atoms with Crippen LogP contribution in [0.2, 0.25) is 0 Å². The Hall–Kier alpha value is -0.340. The van der Waals surface area contributed by atoms with Gasteiger partial charge in [-0.15, -0.1) is 6.58 Å². The predicted molar refractivity (Wildman–Crippen MR) is 52.5 cm³/mol. The first-order valence-corrected chi connectivity index (χ1v) is 4.95. The first-order valence-electron chi connectivity index (χ1n) is 4.95. The van der Waals surface area contributed by atoms with Gasteiger partial charge in [0.15, 0.2) is 0 Å². The molecule has 2 nitrogen and oxygen atoms in total. The first-order chi connectivity index (χ1) is 5.88. The van der Waals surface area contributed by atoms with Crippen LogP contribution >= 0.6 is 0 Å². The Bertz CT molecular complexity index is 130. The van der Waals surface area contributed by atoms with Gasteiger partial charge in [-0.1, -0.05) is 12.5 Å². The van der Waals surface area contributed by atoms with Crippen molar-refractivity contribution in [2.24, 2.45) is 11.8 Å². The zero-order valence-corrected chi connectivity index (χ0v) is 7.76. The largest absolute Gasteiger partial charge is 0.271 e. The minimum absolute atomic E-state index is 0.554. The van der Waals surface area contributed by atoms with Crippen molar-refractivity contribution >= 4 is 0 Å². The van der Waals surface area contributed by atoms with E-state index >= 15 is 0 Å². The molecule has 1 aliphatic carbocycles. The van der Waals surface area contributed by atoms with E-state index < -0.39 is 0 Å². The highest BCUT2D eigenvalue weighted by molar-refractivity contribution is 4.81. The van der Waals surface area contributed by atoms with Gasteiger partial charge in [0.05, 0.1) is 0 Å². The van der Waals surface area contributed by atoms with E-state index in [1.54, 1.807) is 0 Å². The lowest BCUT2D eigenvalue weighted by Crippen LogP contribution is -2.43. The molecule has 12 heavy (non-hydrogen) atoms. The van der Waals surface area contributed by atoms with Gasteiger partial charge >= 0.3 is 0 Å². The van der Waals surface area contributed by atoms with E-state index in [-0.39, 0.29) is 0 Å². The molecule has 1 atom stereocenters. The highest BCUT2D eigenvalue weighted by Gasteiger charge is 2.25. The minimum Gasteiger partial charge on any atom is -0.271 e. The van der Waals surface area contributed by atoms with Crippen molar-refractivity contribution in [2.45, 2.75) is 44.6 Å². The van der Waals surface area contributed by atoms with Crippen molar-refractivity contribution in [3.63, 3.8) is 0 Å². The third-order valence-electron chi connectivity index (χ3n) is 2.86.